The molecule has 8 heteroatoms. The Bertz CT molecular complexity index is 755. The minimum Gasteiger partial charge on any atom is -0.332 e. The first-order valence-corrected chi connectivity index (χ1v) is 9.36. The highest BCUT2D eigenvalue weighted by atomic mass is 35.5. The molecule has 1 aliphatic heterocycles. The zero-order valence-corrected chi connectivity index (χ0v) is 16.7. The zero-order chi connectivity index (χ0) is 17.8. The number of benzene rings is 1. The monoisotopic (exact) mass is 413 g/mol. The highest BCUT2D eigenvalue weighted by Crippen LogP contribution is 2.25. The number of hydrogen-bond donors (Lipinski definition) is 1. The van der Waals surface area contributed by atoms with E-state index in [1.807, 2.05) is 40.6 Å². The average Bonchev–Trinajstić information content (AvgIpc) is 3.15. The molecule has 0 aliphatic carbocycles. The highest BCUT2D eigenvalue weighted by Gasteiger charge is 2.29. The van der Waals surface area contributed by atoms with Crippen molar-refractivity contribution in [2.45, 2.75) is 6.04 Å². The van der Waals surface area contributed by atoms with Gasteiger partial charge in [0.05, 0.1) is 17.5 Å². The maximum absolute atomic E-state index is 12.8. The molecule has 1 atom stereocenters. The summed E-state index contributed by atoms with van der Waals surface area (Å²) in [5.74, 6) is -0.184. The molecule has 3 rings (SSSR count). The molecule has 0 bridgehead atoms. The van der Waals surface area contributed by atoms with Crippen molar-refractivity contribution in [1.82, 2.24) is 15.1 Å². The van der Waals surface area contributed by atoms with Crippen LogP contribution in [0, 0.1) is 0 Å². The molecule has 5 nitrogen and oxygen atoms in total. The maximum atomic E-state index is 12.8. The molecule has 1 aromatic carbocycles. The topological polar surface area (TPSA) is 52.7 Å². The van der Waals surface area contributed by atoms with Gasteiger partial charge in [-0.3, -0.25) is 9.59 Å². The number of likely N-dealkylation sites (N-methyl/N-ethyl adjacent to an activating group) is 1. The number of piperazine rings is 1. The lowest BCUT2D eigenvalue weighted by Gasteiger charge is -2.37. The molecule has 1 unspecified atom stereocenters. The van der Waals surface area contributed by atoms with Crippen molar-refractivity contribution in [3.8, 4) is 0 Å². The molecule has 1 fully saturated rings. The molecule has 2 amide bonds. The third-order valence-electron chi connectivity index (χ3n) is 4.25. The summed E-state index contributed by atoms with van der Waals surface area (Å²) in [5, 5.41) is 5.83. The minimum atomic E-state index is -0.127. The molecule has 0 spiro atoms. The van der Waals surface area contributed by atoms with E-state index in [1.54, 1.807) is 13.1 Å². The molecule has 0 saturated carbocycles. The Hall–Kier alpha value is -1.60. The van der Waals surface area contributed by atoms with Crippen molar-refractivity contribution in [1.29, 1.82) is 0 Å². The van der Waals surface area contributed by atoms with Crippen molar-refractivity contribution < 1.29 is 9.59 Å². The van der Waals surface area contributed by atoms with Gasteiger partial charge < -0.3 is 15.1 Å². The van der Waals surface area contributed by atoms with Crippen LogP contribution in [0.5, 0.6) is 0 Å². The van der Waals surface area contributed by atoms with E-state index in [9.17, 15) is 9.59 Å². The number of halogens is 2. The van der Waals surface area contributed by atoms with E-state index in [-0.39, 0.29) is 36.8 Å². The van der Waals surface area contributed by atoms with Crippen molar-refractivity contribution >= 4 is 47.2 Å². The second-order valence-electron chi connectivity index (χ2n) is 6.00. The first kappa shape index (κ1) is 20.7. The van der Waals surface area contributed by atoms with Gasteiger partial charge in [0.15, 0.2) is 0 Å². The molecule has 1 aromatic heterocycles. The van der Waals surface area contributed by atoms with Crippen LogP contribution >= 0.6 is 35.3 Å². The van der Waals surface area contributed by atoms with E-state index in [4.69, 9.17) is 11.6 Å². The average molecular weight is 414 g/mol. The fraction of sp³-hybridized carbons (Fsp3) is 0.333. The molecule has 1 N–H and O–H groups in total. The van der Waals surface area contributed by atoms with Crippen LogP contribution in [0.3, 0.4) is 0 Å². The van der Waals surface area contributed by atoms with Crippen LogP contribution in [-0.4, -0.2) is 54.8 Å². The summed E-state index contributed by atoms with van der Waals surface area (Å²) < 4.78 is 0. The molecule has 2 heterocycles. The quantitative estimate of drug-likeness (QED) is 0.837. The first-order valence-electron chi connectivity index (χ1n) is 8.11. The van der Waals surface area contributed by atoms with Gasteiger partial charge in [0.25, 0.3) is 5.91 Å². The summed E-state index contributed by atoms with van der Waals surface area (Å²) in [6, 6.07) is 11.1. The maximum Gasteiger partial charge on any atom is 0.264 e. The lowest BCUT2D eigenvalue weighted by molar-refractivity contribution is -0.135. The van der Waals surface area contributed by atoms with Gasteiger partial charge in [-0.25, -0.2) is 0 Å². The van der Waals surface area contributed by atoms with E-state index in [1.165, 1.54) is 16.2 Å². The Morgan fingerprint density at radius 2 is 2.15 bits per heavy atom. The molecule has 26 heavy (non-hydrogen) atoms. The minimum absolute atomic E-state index is 0. The van der Waals surface area contributed by atoms with Crippen LogP contribution in [0.15, 0.2) is 41.8 Å². The van der Waals surface area contributed by atoms with E-state index < -0.39 is 0 Å². The van der Waals surface area contributed by atoms with Crippen molar-refractivity contribution in [3.05, 3.63) is 57.2 Å². The van der Waals surface area contributed by atoms with Crippen LogP contribution < -0.4 is 5.32 Å². The summed E-state index contributed by atoms with van der Waals surface area (Å²) >= 11 is 7.48. The van der Waals surface area contributed by atoms with Gasteiger partial charge in [0.1, 0.15) is 0 Å². The van der Waals surface area contributed by atoms with Gasteiger partial charge >= 0.3 is 0 Å². The Labute approximate surface area is 168 Å². The van der Waals surface area contributed by atoms with Crippen molar-refractivity contribution in [3.63, 3.8) is 0 Å². The lowest BCUT2D eigenvalue weighted by Crippen LogP contribution is -2.51. The molecular weight excluding hydrogens is 393 g/mol. The van der Waals surface area contributed by atoms with Gasteiger partial charge in [0.2, 0.25) is 5.91 Å². The third-order valence-corrected chi connectivity index (χ3v) is 5.34. The largest absolute Gasteiger partial charge is 0.332 e. The van der Waals surface area contributed by atoms with E-state index >= 15 is 0 Å². The second-order valence-corrected chi connectivity index (χ2v) is 7.38. The van der Waals surface area contributed by atoms with Crippen LogP contribution in [0.4, 0.5) is 0 Å². The number of carbonyl (C=O) groups excluding carboxylic acids is 2. The fourth-order valence-corrected chi connectivity index (χ4v) is 3.88. The molecule has 1 saturated heterocycles. The summed E-state index contributed by atoms with van der Waals surface area (Å²) in [7, 11) is 1.66. The fourth-order valence-electron chi connectivity index (χ4n) is 2.97. The number of thiophene rings is 1. The van der Waals surface area contributed by atoms with E-state index in [0.717, 1.165) is 12.1 Å². The van der Waals surface area contributed by atoms with Gasteiger partial charge in [-0.05, 0) is 29.1 Å². The summed E-state index contributed by atoms with van der Waals surface area (Å²) in [4.78, 5) is 29.1. The number of nitrogens with zero attached hydrogens (tertiary/aromatic N) is 2. The number of rotatable bonds is 4. The summed E-state index contributed by atoms with van der Waals surface area (Å²) in [6.45, 7) is 2.09. The summed E-state index contributed by atoms with van der Waals surface area (Å²) in [6.07, 6.45) is 0. The van der Waals surface area contributed by atoms with Crippen LogP contribution in [0.2, 0.25) is 5.02 Å². The number of hydrogen-bond acceptors (Lipinski definition) is 4. The van der Waals surface area contributed by atoms with Gasteiger partial charge in [0, 0.05) is 31.7 Å². The number of amides is 2. The third kappa shape index (κ3) is 4.76. The molecule has 140 valence electrons. The Balaban J connectivity index is 0.00000243. The molecular formula is C18H21Cl2N3O2S. The predicted octanol–water partition coefficient (Wildman–Crippen LogP) is 3.07. The van der Waals surface area contributed by atoms with Crippen LogP contribution in [-0.2, 0) is 4.79 Å². The predicted molar refractivity (Wildman–Crippen MR) is 107 cm³/mol. The Morgan fingerprint density at radius 3 is 2.85 bits per heavy atom. The first-order chi connectivity index (χ1) is 12.1. The normalized spacial score (nSPS) is 16.7. The van der Waals surface area contributed by atoms with Crippen molar-refractivity contribution in [2.24, 2.45) is 0 Å². The Morgan fingerprint density at radius 1 is 1.35 bits per heavy atom. The molecule has 0 radical (unpaired) electrons. The zero-order valence-electron chi connectivity index (χ0n) is 14.4. The standard InChI is InChI=1S/C18H20ClN3O2S.ClH/c1-21(18(24)16-6-3-9-25-16)12-17(23)22-8-7-20-11-15(22)13-4-2-5-14(19)10-13;/h2-6,9-10,15,20H,7-8,11-12H2,1H3;1H. The van der Waals surface area contributed by atoms with Crippen LogP contribution in [0.25, 0.3) is 0 Å². The van der Waals surface area contributed by atoms with Gasteiger partial charge in [-0.1, -0.05) is 29.8 Å². The number of carbonyl (C=O) groups is 2. The molecule has 2 aromatic rings. The SMILES string of the molecule is CN(CC(=O)N1CCNCC1c1cccc(Cl)c1)C(=O)c1cccs1.Cl. The Kier molecular flexibility index (Phi) is 7.46. The molecule has 1 aliphatic rings. The number of nitrogens with one attached hydrogen (secondary N) is 1. The smallest absolute Gasteiger partial charge is 0.264 e. The lowest BCUT2D eigenvalue weighted by atomic mass is 10.0. The van der Waals surface area contributed by atoms with Crippen LogP contribution in [0.1, 0.15) is 21.3 Å². The second kappa shape index (κ2) is 9.37. The van der Waals surface area contributed by atoms with Gasteiger partial charge in [-0.15, -0.1) is 23.7 Å². The van der Waals surface area contributed by atoms with Gasteiger partial charge in [-0.2, -0.15) is 0 Å². The van der Waals surface area contributed by atoms with E-state index in [2.05, 4.69) is 5.32 Å². The van der Waals surface area contributed by atoms with E-state index in [0.29, 0.717) is 23.0 Å². The highest BCUT2D eigenvalue weighted by molar-refractivity contribution is 7.12. The van der Waals surface area contributed by atoms with Crippen molar-refractivity contribution in [2.75, 3.05) is 33.2 Å². The summed E-state index contributed by atoms with van der Waals surface area (Å²) in [5.41, 5.74) is 1.00.